The van der Waals surface area contributed by atoms with Crippen molar-refractivity contribution in [2.24, 2.45) is 0 Å². The first-order valence-corrected chi connectivity index (χ1v) is 9.02. The summed E-state index contributed by atoms with van der Waals surface area (Å²) < 4.78 is 0. The minimum Gasteiger partial charge on any atom is -0.545 e. The lowest BCUT2D eigenvalue weighted by molar-refractivity contribution is -0.378. The van der Waals surface area contributed by atoms with Crippen LogP contribution in [0.1, 0.15) is 20.7 Å². The van der Waals surface area contributed by atoms with Crippen molar-refractivity contribution < 1.29 is 29.8 Å². The fourth-order valence-electron chi connectivity index (χ4n) is 2.13. The van der Waals surface area contributed by atoms with Crippen molar-refractivity contribution in [2.45, 2.75) is 0 Å². The second-order valence-electron chi connectivity index (χ2n) is 6.46. The fraction of sp³-hybridized carbons (Fsp3) is 0.182. The highest BCUT2D eigenvalue weighted by Crippen LogP contribution is 2.05. The van der Waals surface area contributed by atoms with Gasteiger partial charge in [0, 0.05) is 63.8 Å². The van der Waals surface area contributed by atoms with Gasteiger partial charge in [0.1, 0.15) is 0 Å². The van der Waals surface area contributed by atoms with Crippen molar-refractivity contribution >= 4 is 23.3 Å². The zero-order chi connectivity index (χ0) is 22.5. The Bertz CT molecular complexity index is 844. The van der Waals surface area contributed by atoms with Gasteiger partial charge in [0.05, 0.1) is 11.9 Å². The number of carboxylic acids is 2. The first-order valence-electron chi connectivity index (χ1n) is 9.02. The summed E-state index contributed by atoms with van der Waals surface area (Å²) in [6, 6.07) is 12.9. The number of rotatable bonds is 4. The van der Waals surface area contributed by atoms with Crippen LogP contribution in [0.5, 0.6) is 0 Å². The normalized spacial score (nSPS) is 9.20. The molecule has 2 aromatic heterocycles. The molecule has 8 heteroatoms. The van der Waals surface area contributed by atoms with Gasteiger partial charge in [-0.25, -0.2) is 9.97 Å². The van der Waals surface area contributed by atoms with Crippen LogP contribution in [0.15, 0.2) is 73.3 Å². The maximum absolute atomic E-state index is 10.3. The molecule has 0 atom stereocenters. The van der Waals surface area contributed by atoms with Gasteiger partial charge >= 0.3 is 0 Å². The van der Waals surface area contributed by atoms with Gasteiger partial charge in [-0.1, -0.05) is 18.2 Å². The molecule has 3 rings (SSSR count). The number of carbonyl (C=O) groups is 2. The Morgan fingerprint density at radius 1 is 0.667 bits per heavy atom. The second-order valence-corrected chi connectivity index (χ2v) is 6.46. The lowest BCUT2D eigenvalue weighted by atomic mass is 10.1. The average Bonchev–Trinajstić information content (AvgIpc) is 2.76. The van der Waals surface area contributed by atoms with Crippen molar-refractivity contribution in [3.63, 3.8) is 0 Å². The number of aromatic nitrogens is 2. The number of hydrogen-bond acceptors (Lipinski definition) is 6. The summed E-state index contributed by atoms with van der Waals surface area (Å²) in [4.78, 5) is 30.6. The molecule has 0 radical (unpaired) electrons. The Kier molecular flexibility index (Phi) is 10.0. The molecule has 0 aliphatic carbocycles. The minimum atomic E-state index is -1.40. The predicted molar refractivity (Wildman–Crippen MR) is 110 cm³/mol. The van der Waals surface area contributed by atoms with Crippen LogP contribution in [0.4, 0.5) is 11.4 Å². The molecule has 0 saturated carbocycles. The number of aromatic carboxylic acids is 2. The number of carboxylic acid groups (broad SMARTS) is 2. The van der Waals surface area contributed by atoms with Gasteiger partial charge in [0.25, 0.3) is 0 Å². The summed E-state index contributed by atoms with van der Waals surface area (Å²) in [6.45, 7) is 0. The number of nitrogens with zero attached hydrogens (tertiary/aromatic N) is 2. The standard InChI is InChI=1S/C8H6O4.2C7H10N2/c9-7(10)5-2-1-3-6(4-5)8(11)12;2*1-9(2)7-3-5-8-6-4-7/h1-4H,(H,9,10)(H,11,12);2*3-6H,1-2H3. The van der Waals surface area contributed by atoms with Crippen LogP contribution in [-0.4, -0.2) is 40.1 Å². The van der Waals surface area contributed by atoms with E-state index >= 15 is 0 Å². The predicted octanol–water partition coefficient (Wildman–Crippen LogP) is -0.453. The van der Waals surface area contributed by atoms with Gasteiger partial charge in [-0.3, -0.25) is 0 Å². The zero-order valence-electron chi connectivity index (χ0n) is 17.5. The minimum absolute atomic E-state index is 0.170. The molecule has 2 N–H and O–H groups in total. The van der Waals surface area contributed by atoms with Crippen LogP contribution in [0.3, 0.4) is 0 Å². The molecule has 158 valence electrons. The molecule has 3 aromatic rings. The molecule has 0 aliphatic rings. The van der Waals surface area contributed by atoms with Crippen molar-refractivity contribution in [1.29, 1.82) is 0 Å². The van der Waals surface area contributed by atoms with E-state index in [1.54, 1.807) is 0 Å². The van der Waals surface area contributed by atoms with E-state index in [0.29, 0.717) is 0 Å². The van der Waals surface area contributed by atoms with E-state index in [2.05, 4.69) is 19.8 Å². The Labute approximate surface area is 176 Å². The van der Waals surface area contributed by atoms with Crippen LogP contribution in [0.25, 0.3) is 0 Å². The van der Waals surface area contributed by atoms with Gasteiger partial charge in [-0.05, 0) is 17.2 Å². The lowest BCUT2D eigenvalue weighted by Crippen LogP contribution is -2.25. The number of pyridine rings is 2. The maximum atomic E-state index is 10.3. The Morgan fingerprint density at radius 3 is 1.23 bits per heavy atom. The molecular formula is C22H26N4O4. The molecule has 0 aliphatic heterocycles. The third kappa shape index (κ3) is 8.83. The summed E-state index contributed by atoms with van der Waals surface area (Å²) in [6.07, 6.45) is 7.65. The Morgan fingerprint density at radius 2 is 1.00 bits per heavy atom. The highest BCUT2D eigenvalue weighted by Gasteiger charge is 1.96. The summed E-state index contributed by atoms with van der Waals surface area (Å²) in [7, 11) is 8.09. The molecule has 0 saturated heterocycles. The van der Waals surface area contributed by atoms with Crippen LogP contribution in [0, 0.1) is 0 Å². The van der Waals surface area contributed by atoms with E-state index in [9.17, 15) is 19.8 Å². The molecule has 8 nitrogen and oxygen atoms in total. The smallest absolute Gasteiger partial charge is 0.169 e. The highest BCUT2D eigenvalue weighted by molar-refractivity contribution is 5.91. The van der Waals surface area contributed by atoms with Crippen LogP contribution in [0.2, 0.25) is 0 Å². The van der Waals surface area contributed by atoms with E-state index in [1.807, 2.05) is 77.2 Å². The molecule has 2 heterocycles. The third-order valence-electron chi connectivity index (χ3n) is 3.77. The van der Waals surface area contributed by atoms with E-state index in [4.69, 9.17) is 0 Å². The molecule has 0 fully saturated rings. The lowest BCUT2D eigenvalue weighted by Gasteiger charge is -2.08. The Hall–Kier alpha value is -3.94. The highest BCUT2D eigenvalue weighted by atomic mass is 16.4. The van der Waals surface area contributed by atoms with Crippen molar-refractivity contribution in [2.75, 3.05) is 38.0 Å². The number of benzene rings is 1. The summed E-state index contributed by atoms with van der Waals surface area (Å²) >= 11 is 0. The number of anilines is 2. The van der Waals surface area contributed by atoms with Gasteiger partial charge in [0.2, 0.25) is 0 Å². The first-order chi connectivity index (χ1) is 14.2. The summed E-state index contributed by atoms with van der Waals surface area (Å²) in [5.74, 6) is -2.81. The number of hydrogen-bond donors (Lipinski definition) is 0. The first kappa shape index (κ1) is 24.1. The van der Waals surface area contributed by atoms with Crippen molar-refractivity contribution in [1.82, 2.24) is 0 Å². The van der Waals surface area contributed by atoms with Gasteiger partial charge in [0.15, 0.2) is 24.8 Å². The third-order valence-corrected chi connectivity index (χ3v) is 3.77. The van der Waals surface area contributed by atoms with Gasteiger partial charge in [-0.2, -0.15) is 0 Å². The van der Waals surface area contributed by atoms with Gasteiger partial charge < -0.3 is 29.6 Å². The summed E-state index contributed by atoms with van der Waals surface area (Å²) in [5.41, 5.74) is 2.09. The molecule has 0 bridgehead atoms. The monoisotopic (exact) mass is 410 g/mol. The topological polar surface area (TPSA) is 115 Å². The molecule has 1 aromatic carbocycles. The average molecular weight is 410 g/mol. The Balaban J connectivity index is 0.000000229. The van der Waals surface area contributed by atoms with E-state index in [0.717, 1.165) is 6.07 Å². The van der Waals surface area contributed by atoms with Crippen molar-refractivity contribution in [3.05, 3.63) is 84.4 Å². The van der Waals surface area contributed by atoms with Gasteiger partial charge in [-0.15, -0.1) is 0 Å². The molecule has 30 heavy (non-hydrogen) atoms. The van der Waals surface area contributed by atoms with E-state index < -0.39 is 11.9 Å². The van der Waals surface area contributed by atoms with Crippen LogP contribution < -0.4 is 30.0 Å². The largest absolute Gasteiger partial charge is 0.545 e. The van der Waals surface area contributed by atoms with Crippen molar-refractivity contribution in [3.8, 4) is 0 Å². The molecule has 0 spiro atoms. The molecule has 0 unspecified atom stereocenters. The zero-order valence-corrected chi connectivity index (χ0v) is 17.5. The number of nitrogens with one attached hydrogen (secondary N) is 2. The second kappa shape index (κ2) is 12.5. The number of H-pyrrole nitrogens is 2. The van der Waals surface area contributed by atoms with Crippen LogP contribution in [-0.2, 0) is 0 Å². The fourth-order valence-corrected chi connectivity index (χ4v) is 2.13. The van der Waals surface area contributed by atoms with E-state index in [-0.39, 0.29) is 11.1 Å². The summed E-state index contributed by atoms with van der Waals surface area (Å²) in [5, 5.41) is 20.5. The quantitative estimate of drug-likeness (QED) is 0.575. The number of carbonyl (C=O) groups excluding carboxylic acids is 2. The van der Waals surface area contributed by atoms with Crippen LogP contribution >= 0.6 is 0 Å². The maximum Gasteiger partial charge on any atom is 0.169 e. The molecule has 0 amide bonds. The SMILES string of the molecule is CN(C)c1cc[nH+]cc1.CN(C)c1cc[nH+]cc1.O=C([O-])c1cccc(C(=O)[O-])c1. The number of aromatic amines is 2. The molecular weight excluding hydrogens is 384 g/mol. The van der Waals surface area contributed by atoms with E-state index in [1.165, 1.54) is 29.6 Å².